The van der Waals surface area contributed by atoms with Crippen LogP contribution >= 0.6 is 34.5 Å². The summed E-state index contributed by atoms with van der Waals surface area (Å²) in [6.45, 7) is 0. The molecule has 1 rings (SSSR count). The lowest BCUT2D eigenvalue weighted by molar-refractivity contribution is -0.114. The molecule has 0 aliphatic heterocycles. The van der Waals surface area contributed by atoms with Crippen LogP contribution in [0.2, 0.25) is 0 Å². The third kappa shape index (κ3) is 2.61. The van der Waals surface area contributed by atoms with Gasteiger partial charge < -0.3 is 0 Å². The van der Waals surface area contributed by atoms with Crippen molar-refractivity contribution >= 4 is 45.6 Å². The second kappa shape index (κ2) is 3.85. The smallest absolute Gasteiger partial charge is 0.259 e. The molecule has 0 fully saturated rings. The van der Waals surface area contributed by atoms with Crippen molar-refractivity contribution in [2.24, 2.45) is 0 Å². The number of amides is 1. The van der Waals surface area contributed by atoms with E-state index in [1.807, 2.05) is 0 Å². The molecule has 7 heteroatoms. The van der Waals surface area contributed by atoms with Gasteiger partial charge in [0.05, 0.1) is 0 Å². The molecule has 1 N–H and O–H groups in total. The number of hydrogen-bond acceptors (Lipinski definition) is 4. The van der Waals surface area contributed by atoms with Crippen LogP contribution in [0.4, 0.5) is 5.13 Å². The lowest BCUT2D eigenvalue weighted by atomic mass is 10.7. The summed E-state index contributed by atoms with van der Waals surface area (Å²) in [5.74, 6) is -0.495. The number of hydrogen-bond donors (Lipinski definition) is 1. The SMILES string of the molecule is O=C(Nc1nncs1)C(Cl)Cl. The molecule has 11 heavy (non-hydrogen) atoms. The van der Waals surface area contributed by atoms with Gasteiger partial charge in [0.1, 0.15) is 5.51 Å². The molecular formula is C4H3Cl2N3OS. The Morgan fingerprint density at radius 3 is 2.91 bits per heavy atom. The van der Waals surface area contributed by atoms with E-state index in [1.54, 1.807) is 0 Å². The van der Waals surface area contributed by atoms with Crippen LogP contribution in [-0.2, 0) is 4.79 Å². The summed E-state index contributed by atoms with van der Waals surface area (Å²) < 4.78 is 0. The highest BCUT2D eigenvalue weighted by Crippen LogP contribution is 2.10. The molecule has 60 valence electrons. The minimum absolute atomic E-state index is 0.390. The molecule has 0 radical (unpaired) electrons. The molecule has 0 aliphatic carbocycles. The first-order valence-corrected chi connectivity index (χ1v) is 4.30. The fraction of sp³-hybridized carbons (Fsp3) is 0.250. The van der Waals surface area contributed by atoms with E-state index in [-0.39, 0.29) is 0 Å². The summed E-state index contributed by atoms with van der Waals surface area (Å²) in [5, 5.41) is 9.81. The number of aromatic nitrogens is 2. The van der Waals surface area contributed by atoms with Gasteiger partial charge in [-0.1, -0.05) is 34.5 Å². The third-order valence-corrected chi connectivity index (χ3v) is 1.79. The molecule has 0 spiro atoms. The predicted octanol–water partition coefficient (Wildman–Crippen LogP) is 1.28. The average molecular weight is 212 g/mol. The first-order chi connectivity index (χ1) is 5.20. The van der Waals surface area contributed by atoms with E-state index in [4.69, 9.17) is 23.2 Å². The quantitative estimate of drug-likeness (QED) is 0.751. The normalized spacial score (nSPS) is 10.1. The number of carbonyl (C=O) groups excluding carboxylic acids is 1. The fourth-order valence-electron chi connectivity index (χ4n) is 0.387. The Kier molecular flexibility index (Phi) is 3.04. The second-order valence-electron chi connectivity index (χ2n) is 1.53. The van der Waals surface area contributed by atoms with Crippen LogP contribution in [0, 0.1) is 0 Å². The van der Waals surface area contributed by atoms with E-state index in [0.717, 1.165) is 0 Å². The van der Waals surface area contributed by atoms with Crippen LogP contribution in [0.25, 0.3) is 0 Å². The molecule has 0 bridgehead atoms. The Morgan fingerprint density at radius 1 is 1.73 bits per heavy atom. The number of anilines is 1. The predicted molar refractivity (Wildman–Crippen MR) is 44.0 cm³/mol. The molecule has 1 aromatic rings. The molecule has 0 unspecified atom stereocenters. The number of nitrogens with one attached hydrogen (secondary N) is 1. The summed E-state index contributed by atoms with van der Waals surface area (Å²) in [7, 11) is 0. The Morgan fingerprint density at radius 2 is 2.45 bits per heavy atom. The van der Waals surface area contributed by atoms with Gasteiger partial charge in [-0.25, -0.2) is 0 Å². The highest BCUT2D eigenvalue weighted by molar-refractivity contribution is 7.13. The van der Waals surface area contributed by atoms with Crippen molar-refractivity contribution in [3.63, 3.8) is 0 Å². The number of carbonyl (C=O) groups is 1. The van der Waals surface area contributed by atoms with Crippen LogP contribution in [0.3, 0.4) is 0 Å². The molecule has 0 aromatic carbocycles. The zero-order valence-electron chi connectivity index (χ0n) is 5.12. The first-order valence-electron chi connectivity index (χ1n) is 2.55. The van der Waals surface area contributed by atoms with Crippen molar-refractivity contribution in [2.45, 2.75) is 4.84 Å². The van der Waals surface area contributed by atoms with E-state index >= 15 is 0 Å². The summed E-state index contributed by atoms with van der Waals surface area (Å²) in [4.78, 5) is 9.70. The number of alkyl halides is 2. The van der Waals surface area contributed by atoms with E-state index in [9.17, 15) is 4.79 Å². The van der Waals surface area contributed by atoms with Gasteiger partial charge in [0.2, 0.25) is 5.13 Å². The monoisotopic (exact) mass is 211 g/mol. The first kappa shape index (κ1) is 8.70. The minimum atomic E-state index is -1.07. The van der Waals surface area contributed by atoms with E-state index in [2.05, 4.69) is 15.5 Å². The van der Waals surface area contributed by atoms with Gasteiger partial charge in [0, 0.05) is 0 Å². The van der Waals surface area contributed by atoms with Crippen molar-refractivity contribution in [3.8, 4) is 0 Å². The highest BCUT2D eigenvalue weighted by Gasteiger charge is 2.12. The van der Waals surface area contributed by atoms with Crippen LogP contribution in [-0.4, -0.2) is 20.9 Å². The molecule has 1 heterocycles. The van der Waals surface area contributed by atoms with Gasteiger partial charge in [-0.2, -0.15) is 0 Å². The van der Waals surface area contributed by atoms with Crippen LogP contribution in [0.5, 0.6) is 0 Å². The lowest BCUT2D eigenvalue weighted by Crippen LogP contribution is -2.18. The largest absolute Gasteiger partial charge is 0.298 e. The molecule has 1 amide bonds. The zero-order valence-corrected chi connectivity index (χ0v) is 7.45. The summed E-state index contributed by atoms with van der Waals surface area (Å²) in [6.07, 6.45) is 0. The molecular weight excluding hydrogens is 209 g/mol. The Balaban J connectivity index is 2.50. The number of halogens is 2. The Labute approximate surface area is 76.5 Å². The van der Waals surface area contributed by atoms with Crippen molar-refractivity contribution in [1.82, 2.24) is 10.2 Å². The van der Waals surface area contributed by atoms with E-state index in [1.165, 1.54) is 16.8 Å². The third-order valence-electron chi connectivity index (χ3n) is 0.788. The van der Waals surface area contributed by atoms with E-state index in [0.29, 0.717) is 5.13 Å². The molecule has 0 saturated heterocycles. The molecule has 0 aliphatic rings. The van der Waals surface area contributed by atoms with Gasteiger partial charge in [-0.05, 0) is 0 Å². The maximum absolute atomic E-state index is 10.8. The highest BCUT2D eigenvalue weighted by atomic mass is 35.5. The summed E-state index contributed by atoms with van der Waals surface area (Å²) in [5.41, 5.74) is 1.49. The standard InChI is InChI=1S/C4H3Cl2N3OS/c5-2(6)3(10)8-4-9-7-1-11-4/h1-2H,(H,8,9,10). The fourth-order valence-corrected chi connectivity index (χ4v) is 0.945. The van der Waals surface area contributed by atoms with Crippen molar-refractivity contribution in [3.05, 3.63) is 5.51 Å². The van der Waals surface area contributed by atoms with Crippen LogP contribution in [0.15, 0.2) is 5.51 Å². The Hall–Kier alpha value is -0.390. The van der Waals surface area contributed by atoms with Gasteiger partial charge in [0.15, 0.2) is 4.84 Å². The van der Waals surface area contributed by atoms with Crippen LogP contribution in [0.1, 0.15) is 0 Å². The maximum atomic E-state index is 10.8. The average Bonchev–Trinajstić information content (AvgIpc) is 2.39. The van der Waals surface area contributed by atoms with Crippen molar-refractivity contribution in [1.29, 1.82) is 0 Å². The molecule has 1 aromatic heterocycles. The Bertz CT molecular complexity index is 237. The minimum Gasteiger partial charge on any atom is -0.298 e. The van der Waals surface area contributed by atoms with E-state index < -0.39 is 10.7 Å². The van der Waals surface area contributed by atoms with Gasteiger partial charge in [-0.3, -0.25) is 10.1 Å². The molecule has 0 atom stereocenters. The van der Waals surface area contributed by atoms with Crippen molar-refractivity contribution in [2.75, 3.05) is 5.32 Å². The van der Waals surface area contributed by atoms with Gasteiger partial charge >= 0.3 is 0 Å². The lowest BCUT2D eigenvalue weighted by Gasteiger charge is -1.98. The van der Waals surface area contributed by atoms with Crippen molar-refractivity contribution < 1.29 is 4.79 Å². The summed E-state index contributed by atoms with van der Waals surface area (Å²) >= 11 is 11.7. The van der Waals surface area contributed by atoms with Crippen LogP contribution < -0.4 is 5.32 Å². The number of nitrogens with zero attached hydrogens (tertiary/aromatic N) is 2. The topological polar surface area (TPSA) is 54.9 Å². The molecule has 0 saturated carbocycles. The second-order valence-corrected chi connectivity index (χ2v) is 3.46. The maximum Gasteiger partial charge on any atom is 0.259 e. The molecule has 4 nitrogen and oxygen atoms in total. The number of rotatable bonds is 2. The zero-order chi connectivity index (χ0) is 8.27. The van der Waals surface area contributed by atoms with Gasteiger partial charge in [0.25, 0.3) is 5.91 Å². The van der Waals surface area contributed by atoms with Gasteiger partial charge in [-0.15, -0.1) is 10.2 Å². The summed E-state index contributed by atoms with van der Waals surface area (Å²) in [6, 6.07) is 0.